The molecule has 0 radical (unpaired) electrons. The molecular weight excluding hydrogens is 408 g/mol. The fourth-order valence-electron chi connectivity index (χ4n) is 4.54. The van der Waals surface area contributed by atoms with Crippen LogP contribution < -0.4 is 20.4 Å². The van der Waals surface area contributed by atoms with E-state index in [4.69, 9.17) is 4.74 Å². The molecule has 2 N–H and O–H groups in total. The first-order valence-electron chi connectivity index (χ1n) is 10.6. The van der Waals surface area contributed by atoms with Gasteiger partial charge in [-0.25, -0.2) is 13.6 Å². The maximum Gasteiger partial charge on any atom is 0.341 e. The first-order valence-corrected chi connectivity index (χ1v) is 10.6. The van der Waals surface area contributed by atoms with Crippen molar-refractivity contribution in [1.82, 2.24) is 9.88 Å². The molecule has 1 aromatic carbocycles. The highest BCUT2D eigenvalue weighted by molar-refractivity contribution is 5.97. The van der Waals surface area contributed by atoms with Crippen LogP contribution in [0, 0.1) is 5.92 Å². The fourth-order valence-corrected chi connectivity index (χ4v) is 4.54. The van der Waals surface area contributed by atoms with Crippen LogP contribution in [0.4, 0.5) is 14.5 Å². The second-order valence-corrected chi connectivity index (χ2v) is 8.78. The monoisotopic (exact) mass is 433 g/mol. The number of anilines is 1. The molecule has 166 valence electrons. The smallest absolute Gasteiger partial charge is 0.341 e. The maximum atomic E-state index is 14.7. The Labute approximate surface area is 177 Å². The summed E-state index contributed by atoms with van der Waals surface area (Å²) in [5.41, 5.74) is -0.0671. The van der Waals surface area contributed by atoms with E-state index in [0.29, 0.717) is 36.1 Å². The van der Waals surface area contributed by atoms with Crippen molar-refractivity contribution in [3.05, 3.63) is 34.1 Å². The number of halogens is 2. The van der Waals surface area contributed by atoms with E-state index in [0.717, 1.165) is 12.8 Å². The largest absolute Gasteiger partial charge is 0.492 e. The second-order valence-electron chi connectivity index (χ2n) is 8.78. The van der Waals surface area contributed by atoms with E-state index in [1.807, 2.05) is 4.90 Å². The number of carboxylic acids is 1. The number of pyridine rings is 1. The average Bonchev–Trinajstić information content (AvgIpc) is 3.66. The van der Waals surface area contributed by atoms with Gasteiger partial charge in [0.05, 0.1) is 29.7 Å². The quantitative estimate of drug-likeness (QED) is 0.698. The topological polar surface area (TPSA) is 83.8 Å². The third-order valence-corrected chi connectivity index (χ3v) is 6.55. The van der Waals surface area contributed by atoms with Gasteiger partial charge in [0.15, 0.2) is 5.75 Å². The first kappa shape index (κ1) is 20.2. The molecule has 1 aromatic heterocycles. The Morgan fingerprint density at radius 1 is 1.26 bits per heavy atom. The van der Waals surface area contributed by atoms with Crippen molar-refractivity contribution < 1.29 is 23.4 Å². The van der Waals surface area contributed by atoms with Gasteiger partial charge in [0.1, 0.15) is 17.9 Å². The molecule has 1 aliphatic heterocycles. The molecular formula is C22H25F2N3O4. The molecule has 5 rings (SSSR count). The molecule has 0 bridgehead atoms. The van der Waals surface area contributed by atoms with E-state index in [-0.39, 0.29) is 24.3 Å². The molecule has 0 spiro atoms. The van der Waals surface area contributed by atoms with Crippen molar-refractivity contribution in [3.8, 4) is 5.75 Å². The highest BCUT2D eigenvalue weighted by atomic mass is 19.1. The molecule has 2 aliphatic carbocycles. The van der Waals surface area contributed by atoms with Crippen LogP contribution in [-0.4, -0.2) is 60.8 Å². The van der Waals surface area contributed by atoms with Crippen LogP contribution in [0.3, 0.4) is 0 Å². The minimum Gasteiger partial charge on any atom is -0.492 e. The highest BCUT2D eigenvalue weighted by Gasteiger charge is 2.41. The lowest BCUT2D eigenvalue weighted by Crippen LogP contribution is -2.30. The van der Waals surface area contributed by atoms with Crippen LogP contribution in [0.2, 0.25) is 0 Å². The van der Waals surface area contributed by atoms with Gasteiger partial charge in [-0.1, -0.05) is 0 Å². The molecule has 4 atom stereocenters. The third-order valence-electron chi connectivity index (χ3n) is 6.55. The van der Waals surface area contributed by atoms with Crippen LogP contribution in [0.5, 0.6) is 5.75 Å². The minimum absolute atomic E-state index is 0.155. The molecule has 9 heteroatoms. The van der Waals surface area contributed by atoms with Gasteiger partial charge in [-0.05, 0) is 25.0 Å². The molecule has 1 saturated heterocycles. The summed E-state index contributed by atoms with van der Waals surface area (Å²) < 4.78 is 35.8. The van der Waals surface area contributed by atoms with Crippen molar-refractivity contribution in [1.29, 1.82) is 0 Å². The van der Waals surface area contributed by atoms with Crippen LogP contribution in [-0.2, 0) is 0 Å². The van der Waals surface area contributed by atoms with E-state index in [1.54, 1.807) is 6.07 Å². The number of rotatable bonds is 7. The van der Waals surface area contributed by atoms with E-state index >= 15 is 0 Å². The van der Waals surface area contributed by atoms with Crippen LogP contribution in [0.25, 0.3) is 10.9 Å². The number of carboxylic acid groups (broad SMARTS) is 1. The van der Waals surface area contributed by atoms with Gasteiger partial charge in [0.2, 0.25) is 5.43 Å². The van der Waals surface area contributed by atoms with Crippen LogP contribution in [0.15, 0.2) is 23.1 Å². The van der Waals surface area contributed by atoms with Crippen LogP contribution in [0.1, 0.15) is 35.7 Å². The Morgan fingerprint density at radius 3 is 2.61 bits per heavy atom. The number of fused-ring (bicyclic) bond motifs is 1. The molecule has 2 aromatic rings. The number of nitrogens with one attached hydrogen (secondary N) is 1. The van der Waals surface area contributed by atoms with Crippen molar-refractivity contribution in [2.24, 2.45) is 5.92 Å². The van der Waals surface area contributed by atoms with Crippen molar-refractivity contribution in [2.45, 2.75) is 43.7 Å². The normalized spacial score (nSPS) is 27.6. The Hall–Kier alpha value is -2.68. The predicted octanol–water partition coefficient (Wildman–Crippen LogP) is 2.52. The number of hydrogen-bond acceptors (Lipinski definition) is 5. The molecule has 3 aliphatic rings. The molecule has 7 nitrogen and oxygen atoms in total. The van der Waals surface area contributed by atoms with Gasteiger partial charge >= 0.3 is 5.97 Å². The number of benzene rings is 1. The van der Waals surface area contributed by atoms with Crippen molar-refractivity contribution in [3.63, 3.8) is 0 Å². The van der Waals surface area contributed by atoms with E-state index in [2.05, 4.69) is 5.32 Å². The fraction of sp³-hybridized carbons (Fsp3) is 0.545. The van der Waals surface area contributed by atoms with E-state index in [9.17, 15) is 23.5 Å². The molecule has 2 heterocycles. The summed E-state index contributed by atoms with van der Waals surface area (Å²) in [7, 11) is 1.45. The Balaban J connectivity index is 1.58. The Kier molecular flexibility index (Phi) is 4.88. The van der Waals surface area contributed by atoms with Crippen molar-refractivity contribution in [2.75, 3.05) is 31.6 Å². The first-order chi connectivity index (χ1) is 14.9. The summed E-state index contributed by atoms with van der Waals surface area (Å²) in [6.07, 6.45) is 1.61. The summed E-state index contributed by atoms with van der Waals surface area (Å²) in [6.45, 7) is 1.30. The number of carbonyl (C=O) groups is 1. The summed E-state index contributed by atoms with van der Waals surface area (Å²) >= 11 is 0. The summed E-state index contributed by atoms with van der Waals surface area (Å²) in [6, 6.07) is 3.16. The zero-order chi connectivity index (χ0) is 21.9. The standard InChI is InChI=1S/C22H25F2N3O4/c1-31-21-17(26-8-11(16(24)10-26)7-25-12-2-3-12)5-4-13-19(21)27(18-6-15(18)23)9-14(20(13)28)22(29)30/h4-5,9,11-12,15-16,18,25H,2-3,6-8,10H2,1H3,(H,29,30)/t11-,15-,16+,18+/m0/s1. The summed E-state index contributed by atoms with van der Waals surface area (Å²) in [5, 5.41) is 13.0. The van der Waals surface area contributed by atoms with Gasteiger partial charge in [0.25, 0.3) is 0 Å². The Bertz CT molecular complexity index is 1100. The zero-order valence-corrected chi connectivity index (χ0v) is 17.2. The number of hydrogen-bond donors (Lipinski definition) is 2. The Morgan fingerprint density at radius 2 is 2.00 bits per heavy atom. The second kappa shape index (κ2) is 7.47. The van der Waals surface area contributed by atoms with Gasteiger partial charge in [-0.3, -0.25) is 4.79 Å². The molecule has 2 saturated carbocycles. The van der Waals surface area contributed by atoms with Gasteiger partial charge < -0.3 is 24.6 Å². The maximum absolute atomic E-state index is 14.7. The van der Waals surface area contributed by atoms with Crippen LogP contribution >= 0.6 is 0 Å². The van der Waals surface area contributed by atoms with E-state index < -0.39 is 35.3 Å². The number of ether oxygens (including phenoxy) is 1. The lowest BCUT2D eigenvalue weighted by molar-refractivity contribution is 0.0694. The number of nitrogens with zero attached hydrogens (tertiary/aromatic N) is 2. The van der Waals surface area contributed by atoms with E-state index in [1.165, 1.54) is 23.9 Å². The molecule has 3 fully saturated rings. The molecule has 31 heavy (non-hydrogen) atoms. The van der Waals surface area contributed by atoms with Gasteiger partial charge in [-0.15, -0.1) is 0 Å². The summed E-state index contributed by atoms with van der Waals surface area (Å²) in [4.78, 5) is 26.2. The van der Waals surface area contributed by atoms with Gasteiger partial charge in [-0.2, -0.15) is 0 Å². The lowest BCUT2D eigenvalue weighted by Gasteiger charge is -2.24. The number of methoxy groups -OCH3 is 1. The zero-order valence-electron chi connectivity index (χ0n) is 17.2. The predicted molar refractivity (Wildman–Crippen MR) is 112 cm³/mol. The number of aromatic nitrogens is 1. The SMILES string of the molecule is COc1c(N2C[C@H](CNC3CC3)[C@H](F)C2)ccc2c(=O)c(C(=O)O)cn([C@@H]3C[C@@H]3F)c12. The number of alkyl halides is 2. The minimum atomic E-state index is -1.36. The third kappa shape index (κ3) is 3.54. The average molecular weight is 433 g/mol. The van der Waals surface area contributed by atoms with Crippen molar-refractivity contribution >= 4 is 22.6 Å². The van der Waals surface area contributed by atoms with Gasteiger partial charge in [0, 0.05) is 44.2 Å². The number of aromatic carboxylic acids is 1. The molecule has 0 unspecified atom stereocenters. The molecule has 0 amide bonds. The lowest BCUT2D eigenvalue weighted by atomic mass is 10.1. The summed E-state index contributed by atoms with van der Waals surface area (Å²) in [5.74, 6) is -1.17. The highest BCUT2D eigenvalue weighted by Crippen LogP contribution is 2.45.